The van der Waals surface area contributed by atoms with Crippen molar-refractivity contribution in [2.24, 2.45) is 5.73 Å². The van der Waals surface area contributed by atoms with E-state index < -0.39 is 0 Å². The summed E-state index contributed by atoms with van der Waals surface area (Å²) >= 11 is 0. The van der Waals surface area contributed by atoms with Crippen LogP contribution in [-0.2, 0) is 11.3 Å². The average Bonchev–Trinajstić information content (AvgIpc) is 2.31. The van der Waals surface area contributed by atoms with E-state index in [0.29, 0.717) is 6.54 Å². The van der Waals surface area contributed by atoms with E-state index in [2.05, 4.69) is 29.2 Å². The molecule has 16 heavy (non-hydrogen) atoms. The van der Waals surface area contributed by atoms with E-state index in [1.165, 1.54) is 5.56 Å². The van der Waals surface area contributed by atoms with Crippen molar-refractivity contribution in [3.63, 3.8) is 0 Å². The van der Waals surface area contributed by atoms with Crippen LogP contribution >= 0.6 is 12.4 Å². The summed E-state index contributed by atoms with van der Waals surface area (Å²) in [6, 6.07) is 10.5. The van der Waals surface area contributed by atoms with Crippen LogP contribution in [0.4, 0.5) is 0 Å². The molecule has 1 heterocycles. The third-order valence-corrected chi connectivity index (χ3v) is 2.73. The highest BCUT2D eigenvalue weighted by molar-refractivity contribution is 5.85. The van der Waals surface area contributed by atoms with E-state index in [1.807, 2.05) is 6.07 Å². The number of benzene rings is 1. The Morgan fingerprint density at radius 2 is 2.06 bits per heavy atom. The lowest BCUT2D eigenvalue weighted by Gasteiger charge is -2.32. The zero-order valence-corrected chi connectivity index (χ0v) is 10.2. The van der Waals surface area contributed by atoms with Gasteiger partial charge in [0.1, 0.15) is 0 Å². The molecule has 4 heteroatoms. The van der Waals surface area contributed by atoms with Gasteiger partial charge in [-0.1, -0.05) is 30.3 Å². The lowest BCUT2D eigenvalue weighted by molar-refractivity contribution is -0.0260. The predicted octanol–water partition coefficient (Wildman–Crippen LogP) is 1.27. The normalized spacial score (nSPS) is 21.4. The minimum absolute atomic E-state index is 0. The predicted molar refractivity (Wildman–Crippen MR) is 67.8 cm³/mol. The summed E-state index contributed by atoms with van der Waals surface area (Å²) in [4.78, 5) is 2.40. The topological polar surface area (TPSA) is 38.5 Å². The van der Waals surface area contributed by atoms with Crippen LogP contribution in [0.25, 0.3) is 0 Å². The van der Waals surface area contributed by atoms with E-state index in [-0.39, 0.29) is 18.5 Å². The van der Waals surface area contributed by atoms with Crippen molar-refractivity contribution < 1.29 is 4.74 Å². The summed E-state index contributed by atoms with van der Waals surface area (Å²) in [5.74, 6) is 0. The summed E-state index contributed by atoms with van der Waals surface area (Å²) in [5, 5.41) is 0. The van der Waals surface area contributed by atoms with Gasteiger partial charge in [0.2, 0.25) is 0 Å². The molecule has 0 aromatic heterocycles. The summed E-state index contributed by atoms with van der Waals surface area (Å²) in [6.45, 7) is 4.37. The highest BCUT2D eigenvalue weighted by Crippen LogP contribution is 2.09. The van der Waals surface area contributed by atoms with Crippen LogP contribution in [0.2, 0.25) is 0 Å². The molecule has 2 rings (SSSR count). The van der Waals surface area contributed by atoms with Crippen LogP contribution in [-0.4, -0.2) is 37.2 Å². The number of ether oxygens (including phenoxy) is 1. The molecular weight excluding hydrogens is 224 g/mol. The Hall–Kier alpha value is -0.610. The van der Waals surface area contributed by atoms with Gasteiger partial charge >= 0.3 is 0 Å². The maximum absolute atomic E-state index is 5.61. The second-order valence-corrected chi connectivity index (χ2v) is 3.95. The first-order valence-electron chi connectivity index (χ1n) is 5.46. The smallest absolute Gasteiger partial charge is 0.0824 e. The first-order chi connectivity index (χ1) is 7.38. The first kappa shape index (κ1) is 13.5. The van der Waals surface area contributed by atoms with Gasteiger partial charge in [0, 0.05) is 26.2 Å². The molecule has 1 aliphatic heterocycles. The Morgan fingerprint density at radius 1 is 1.31 bits per heavy atom. The lowest BCUT2D eigenvalue weighted by Crippen LogP contribution is -2.45. The van der Waals surface area contributed by atoms with Crippen molar-refractivity contribution in [3.8, 4) is 0 Å². The number of halogens is 1. The molecule has 90 valence electrons. The standard InChI is InChI=1S/C12H18N2O.ClH/c13-8-12-10-14(6-7-15-12)9-11-4-2-1-3-5-11;/h1-5,12H,6-10,13H2;1H. The Labute approximate surface area is 103 Å². The van der Waals surface area contributed by atoms with Gasteiger partial charge in [-0.15, -0.1) is 12.4 Å². The Bertz CT molecular complexity index is 294. The summed E-state index contributed by atoms with van der Waals surface area (Å²) in [7, 11) is 0. The molecule has 0 bridgehead atoms. The molecular formula is C12H19ClN2O. The summed E-state index contributed by atoms with van der Waals surface area (Å²) in [5.41, 5.74) is 6.96. The van der Waals surface area contributed by atoms with Gasteiger partial charge < -0.3 is 10.5 Å². The number of nitrogens with zero attached hydrogens (tertiary/aromatic N) is 1. The van der Waals surface area contributed by atoms with Crippen molar-refractivity contribution in [1.29, 1.82) is 0 Å². The first-order valence-corrected chi connectivity index (χ1v) is 5.46. The molecule has 0 amide bonds. The fourth-order valence-electron chi connectivity index (χ4n) is 1.91. The number of hydrogen-bond acceptors (Lipinski definition) is 3. The highest BCUT2D eigenvalue weighted by atomic mass is 35.5. The number of nitrogens with two attached hydrogens (primary N) is 1. The fraction of sp³-hybridized carbons (Fsp3) is 0.500. The third-order valence-electron chi connectivity index (χ3n) is 2.73. The zero-order chi connectivity index (χ0) is 10.5. The molecule has 0 aliphatic carbocycles. The van der Waals surface area contributed by atoms with Crippen LogP contribution in [0.3, 0.4) is 0 Å². The number of hydrogen-bond donors (Lipinski definition) is 1. The van der Waals surface area contributed by atoms with Crippen LogP contribution in [0.15, 0.2) is 30.3 Å². The van der Waals surface area contributed by atoms with E-state index in [0.717, 1.165) is 26.2 Å². The maximum atomic E-state index is 5.61. The number of rotatable bonds is 3. The SMILES string of the molecule is Cl.NCC1CN(Cc2ccccc2)CCO1. The minimum Gasteiger partial charge on any atom is -0.374 e. The molecule has 1 aliphatic rings. The van der Waals surface area contributed by atoms with Crippen LogP contribution in [0, 0.1) is 0 Å². The maximum Gasteiger partial charge on any atom is 0.0824 e. The molecule has 1 aromatic rings. The monoisotopic (exact) mass is 242 g/mol. The van der Waals surface area contributed by atoms with E-state index in [1.54, 1.807) is 0 Å². The molecule has 0 radical (unpaired) electrons. The average molecular weight is 243 g/mol. The molecule has 0 saturated carbocycles. The van der Waals surface area contributed by atoms with E-state index in [4.69, 9.17) is 10.5 Å². The van der Waals surface area contributed by atoms with Gasteiger partial charge in [0.15, 0.2) is 0 Å². The fourth-order valence-corrected chi connectivity index (χ4v) is 1.91. The largest absolute Gasteiger partial charge is 0.374 e. The van der Waals surface area contributed by atoms with E-state index >= 15 is 0 Å². The molecule has 0 spiro atoms. The Balaban J connectivity index is 0.00000128. The molecule has 1 unspecified atom stereocenters. The summed E-state index contributed by atoms with van der Waals surface area (Å²) in [6.07, 6.45) is 0.211. The number of morpholine rings is 1. The lowest BCUT2D eigenvalue weighted by atomic mass is 10.2. The van der Waals surface area contributed by atoms with Gasteiger partial charge in [-0.25, -0.2) is 0 Å². The second-order valence-electron chi connectivity index (χ2n) is 3.95. The van der Waals surface area contributed by atoms with Gasteiger partial charge in [0.25, 0.3) is 0 Å². The molecule has 2 N–H and O–H groups in total. The molecule has 1 saturated heterocycles. The third kappa shape index (κ3) is 3.76. The minimum atomic E-state index is 0. The van der Waals surface area contributed by atoms with Crippen molar-refractivity contribution in [2.45, 2.75) is 12.6 Å². The zero-order valence-electron chi connectivity index (χ0n) is 9.34. The van der Waals surface area contributed by atoms with Crippen LogP contribution in [0.1, 0.15) is 5.56 Å². The van der Waals surface area contributed by atoms with Gasteiger partial charge in [-0.2, -0.15) is 0 Å². The van der Waals surface area contributed by atoms with Gasteiger partial charge in [-0.3, -0.25) is 4.90 Å². The highest BCUT2D eigenvalue weighted by Gasteiger charge is 2.18. The van der Waals surface area contributed by atoms with Gasteiger partial charge in [0.05, 0.1) is 12.7 Å². The molecule has 1 aromatic carbocycles. The van der Waals surface area contributed by atoms with Crippen LogP contribution < -0.4 is 5.73 Å². The van der Waals surface area contributed by atoms with Crippen molar-refractivity contribution in [1.82, 2.24) is 4.90 Å². The van der Waals surface area contributed by atoms with Crippen molar-refractivity contribution >= 4 is 12.4 Å². The molecule has 3 nitrogen and oxygen atoms in total. The van der Waals surface area contributed by atoms with Gasteiger partial charge in [-0.05, 0) is 5.56 Å². The van der Waals surface area contributed by atoms with Crippen LogP contribution in [0.5, 0.6) is 0 Å². The van der Waals surface area contributed by atoms with Crippen molar-refractivity contribution in [2.75, 3.05) is 26.2 Å². The Kier molecular flexibility index (Phi) is 5.77. The molecule has 1 atom stereocenters. The van der Waals surface area contributed by atoms with Crippen molar-refractivity contribution in [3.05, 3.63) is 35.9 Å². The quantitative estimate of drug-likeness (QED) is 0.868. The second kappa shape index (κ2) is 6.86. The Morgan fingerprint density at radius 3 is 2.75 bits per heavy atom. The summed E-state index contributed by atoms with van der Waals surface area (Å²) < 4.78 is 5.53. The molecule has 1 fully saturated rings. The van der Waals surface area contributed by atoms with E-state index in [9.17, 15) is 0 Å².